The molecule has 0 amide bonds. The lowest BCUT2D eigenvalue weighted by Gasteiger charge is -2.28. The molecule has 0 bridgehead atoms. The van der Waals surface area contributed by atoms with Crippen molar-refractivity contribution in [1.82, 2.24) is 14.7 Å². The predicted molar refractivity (Wildman–Crippen MR) is 230 cm³/mol. The molecule has 2 atom stereocenters. The molecule has 0 radical (unpaired) electrons. The second kappa shape index (κ2) is 38.9. The van der Waals surface area contributed by atoms with E-state index in [1.165, 1.54) is 116 Å². The number of nitrogens with zero attached hydrogens (tertiary/aromatic N) is 3. The molecule has 1 N–H and O–H groups in total. The van der Waals surface area contributed by atoms with Gasteiger partial charge in [0.2, 0.25) is 0 Å². The van der Waals surface area contributed by atoms with Crippen LogP contribution < -0.4 is 0 Å². The number of aryl methyl sites for hydroxylation is 1. The van der Waals surface area contributed by atoms with Crippen LogP contribution in [0.15, 0.2) is 18.5 Å². The first-order valence-corrected chi connectivity index (χ1v) is 23.6. The molecule has 0 spiro atoms. The molecule has 1 aromatic rings. The van der Waals surface area contributed by atoms with Gasteiger partial charge in [0.15, 0.2) is 0 Å². The Balaban J connectivity index is 2.21. The van der Waals surface area contributed by atoms with Crippen molar-refractivity contribution in [2.75, 3.05) is 33.4 Å². The first-order chi connectivity index (χ1) is 27.0. The van der Waals surface area contributed by atoms with E-state index in [9.17, 15) is 14.7 Å². The number of hydrogen-bond acceptors (Lipinski definition) is 7. The van der Waals surface area contributed by atoms with Gasteiger partial charge in [0.05, 0.1) is 19.3 Å². The Bertz CT molecular complexity index is 958. The van der Waals surface area contributed by atoms with Crippen molar-refractivity contribution in [2.24, 2.45) is 5.92 Å². The summed E-state index contributed by atoms with van der Waals surface area (Å²) in [7, 11) is 2.14. The van der Waals surface area contributed by atoms with Crippen molar-refractivity contribution >= 4 is 11.9 Å². The number of rotatable bonds is 42. The van der Waals surface area contributed by atoms with Gasteiger partial charge in [-0.25, -0.2) is 0 Å². The highest BCUT2D eigenvalue weighted by Crippen LogP contribution is 2.20. The number of aliphatic hydroxyl groups excluding tert-OH is 1. The third-order valence-electron chi connectivity index (χ3n) is 11.2. The monoisotopic (exact) mass is 776 g/mol. The zero-order valence-corrected chi connectivity index (χ0v) is 36.5. The van der Waals surface area contributed by atoms with Crippen LogP contribution in [0.2, 0.25) is 0 Å². The number of carbonyl (C=O) groups excluding carboxylic acids is 2. The highest BCUT2D eigenvalue weighted by molar-refractivity contribution is 5.69. The van der Waals surface area contributed by atoms with Crippen LogP contribution in [-0.4, -0.2) is 71.2 Å². The number of unbranched alkanes of at least 4 members (excludes halogenated alkanes) is 23. The van der Waals surface area contributed by atoms with Gasteiger partial charge in [-0.2, -0.15) is 5.10 Å². The van der Waals surface area contributed by atoms with Crippen molar-refractivity contribution in [3.8, 4) is 0 Å². The van der Waals surface area contributed by atoms with Gasteiger partial charge in [-0.05, 0) is 83.4 Å². The number of carbonyl (C=O) groups is 2. The minimum Gasteiger partial charge on any atom is -0.466 e. The second-order valence-corrected chi connectivity index (χ2v) is 16.6. The van der Waals surface area contributed by atoms with E-state index in [-0.39, 0.29) is 24.0 Å². The summed E-state index contributed by atoms with van der Waals surface area (Å²) in [6.45, 7) is 8.16. The summed E-state index contributed by atoms with van der Waals surface area (Å²) in [6.07, 6.45) is 39.8. The van der Waals surface area contributed by atoms with Crippen LogP contribution in [-0.2, 0) is 25.6 Å². The fraction of sp³-hybridized carbons (Fsp3) is 0.894. The highest BCUT2D eigenvalue weighted by Gasteiger charge is 2.21. The maximum Gasteiger partial charge on any atom is 0.305 e. The van der Waals surface area contributed by atoms with Crippen LogP contribution in [0.3, 0.4) is 0 Å². The molecule has 0 saturated heterocycles. The zero-order valence-electron chi connectivity index (χ0n) is 36.5. The van der Waals surface area contributed by atoms with E-state index in [2.05, 4.69) is 30.9 Å². The summed E-state index contributed by atoms with van der Waals surface area (Å²) < 4.78 is 13.0. The molecule has 1 heterocycles. The topological polar surface area (TPSA) is 93.9 Å². The quantitative estimate of drug-likeness (QED) is 0.0522. The van der Waals surface area contributed by atoms with E-state index >= 15 is 0 Å². The molecule has 8 heteroatoms. The zero-order chi connectivity index (χ0) is 39.9. The molecule has 0 aliphatic carbocycles. The second-order valence-electron chi connectivity index (χ2n) is 16.6. The Morgan fingerprint density at radius 2 is 1.04 bits per heavy atom. The molecule has 55 heavy (non-hydrogen) atoms. The lowest BCUT2D eigenvalue weighted by molar-refractivity contribution is -0.144. The third-order valence-corrected chi connectivity index (χ3v) is 11.2. The summed E-state index contributed by atoms with van der Waals surface area (Å²) in [5.74, 6) is 0.0425. The fourth-order valence-electron chi connectivity index (χ4n) is 7.59. The van der Waals surface area contributed by atoms with Gasteiger partial charge in [0.25, 0.3) is 0 Å². The third kappa shape index (κ3) is 33.9. The van der Waals surface area contributed by atoms with Crippen molar-refractivity contribution in [3.63, 3.8) is 0 Å². The number of ether oxygens (including phenoxy) is 2. The normalized spacial score (nSPS) is 12.7. The van der Waals surface area contributed by atoms with Gasteiger partial charge < -0.3 is 19.5 Å². The number of aliphatic hydroxyl groups is 1. The Hall–Kier alpha value is -1.93. The number of aromatic nitrogens is 2. The molecule has 0 aliphatic heterocycles. The van der Waals surface area contributed by atoms with Crippen molar-refractivity contribution < 1.29 is 24.2 Å². The van der Waals surface area contributed by atoms with Gasteiger partial charge >= 0.3 is 11.9 Å². The molecular weight excluding hydrogens is 687 g/mol. The minimum absolute atomic E-state index is 0.0635. The van der Waals surface area contributed by atoms with E-state index in [1.54, 1.807) is 0 Å². The maximum atomic E-state index is 12.3. The standard InChI is InChI=1S/C47H89N3O5/c1-4-6-8-10-12-14-16-18-20-22-26-35-46(52)54-41-29-24-25-34-45(51)44(43-49(3)38-32-40-50-39-31-37-48-50)33-28-30-42-55-47(53)36-27-23-21-19-17-15-13-11-9-7-5-2/h31,37,39,44-45,51H,4-30,32-36,38,40-43H2,1-3H3. The molecule has 0 aromatic carbocycles. The lowest BCUT2D eigenvalue weighted by Crippen LogP contribution is -2.34. The molecule has 322 valence electrons. The van der Waals surface area contributed by atoms with Crippen molar-refractivity contribution in [2.45, 2.75) is 232 Å². The summed E-state index contributed by atoms with van der Waals surface area (Å²) >= 11 is 0. The van der Waals surface area contributed by atoms with Gasteiger partial charge in [-0.1, -0.05) is 149 Å². The van der Waals surface area contributed by atoms with Crippen LogP contribution in [0.5, 0.6) is 0 Å². The molecule has 0 saturated carbocycles. The van der Waals surface area contributed by atoms with E-state index in [4.69, 9.17) is 9.47 Å². The smallest absolute Gasteiger partial charge is 0.305 e. The Labute approximate surface area is 339 Å². The van der Waals surface area contributed by atoms with Gasteiger partial charge in [0.1, 0.15) is 0 Å². The van der Waals surface area contributed by atoms with Crippen LogP contribution in [0.25, 0.3) is 0 Å². The van der Waals surface area contributed by atoms with Crippen LogP contribution in [0.4, 0.5) is 0 Å². The first-order valence-electron chi connectivity index (χ1n) is 23.6. The fourth-order valence-corrected chi connectivity index (χ4v) is 7.59. The van der Waals surface area contributed by atoms with E-state index in [0.717, 1.165) is 96.7 Å². The molecule has 0 fully saturated rings. The lowest BCUT2D eigenvalue weighted by atomic mass is 9.91. The van der Waals surface area contributed by atoms with Crippen LogP contribution in [0.1, 0.15) is 219 Å². The first kappa shape index (κ1) is 51.1. The summed E-state index contributed by atoms with van der Waals surface area (Å²) in [4.78, 5) is 26.8. The molecule has 8 nitrogen and oxygen atoms in total. The Morgan fingerprint density at radius 1 is 0.600 bits per heavy atom. The van der Waals surface area contributed by atoms with Crippen molar-refractivity contribution in [1.29, 1.82) is 0 Å². The molecule has 0 aliphatic rings. The van der Waals surface area contributed by atoms with Gasteiger partial charge in [-0.3, -0.25) is 14.3 Å². The van der Waals surface area contributed by atoms with Crippen molar-refractivity contribution in [3.05, 3.63) is 18.5 Å². The maximum absolute atomic E-state index is 12.3. The Kier molecular flexibility index (Phi) is 36.2. The largest absolute Gasteiger partial charge is 0.466 e. The summed E-state index contributed by atoms with van der Waals surface area (Å²) in [5.41, 5.74) is 0. The molecule has 1 rings (SSSR count). The van der Waals surface area contributed by atoms with E-state index in [0.29, 0.717) is 26.1 Å². The van der Waals surface area contributed by atoms with Crippen LogP contribution in [0, 0.1) is 5.92 Å². The predicted octanol–water partition coefficient (Wildman–Crippen LogP) is 12.4. The van der Waals surface area contributed by atoms with E-state index < -0.39 is 0 Å². The SMILES string of the molecule is CCCCCCCCCCCCCC(=O)OCCCCCC(O)C(CCCCOC(=O)CCCCCCCCCCCCC)CN(C)CCCn1cccn1. The molecular formula is C47H89N3O5. The van der Waals surface area contributed by atoms with Gasteiger partial charge in [0, 0.05) is 38.3 Å². The highest BCUT2D eigenvalue weighted by atomic mass is 16.5. The van der Waals surface area contributed by atoms with Crippen LogP contribution >= 0.6 is 0 Å². The van der Waals surface area contributed by atoms with Gasteiger partial charge in [-0.15, -0.1) is 0 Å². The number of hydrogen-bond donors (Lipinski definition) is 1. The van der Waals surface area contributed by atoms with E-state index in [1.807, 2.05) is 23.1 Å². The molecule has 2 unspecified atom stereocenters. The average Bonchev–Trinajstić information content (AvgIpc) is 3.70. The number of esters is 2. The summed E-state index contributed by atoms with van der Waals surface area (Å²) in [6, 6.07) is 1.95. The minimum atomic E-state index is -0.374. The summed E-state index contributed by atoms with van der Waals surface area (Å²) in [5, 5.41) is 15.6. The Morgan fingerprint density at radius 3 is 1.51 bits per heavy atom. The average molecular weight is 776 g/mol. The molecule has 1 aromatic heterocycles.